The van der Waals surface area contributed by atoms with E-state index in [9.17, 15) is 9.59 Å². The van der Waals surface area contributed by atoms with Crippen LogP contribution in [0.5, 0.6) is 0 Å². The first-order chi connectivity index (χ1) is 16.5. The molecule has 1 aromatic carbocycles. The van der Waals surface area contributed by atoms with Crippen molar-refractivity contribution in [3.8, 4) is 0 Å². The summed E-state index contributed by atoms with van der Waals surface area (Å²) in [5, 5.41) is 12.1. The lowest BCUT2D eigenvalue weighted by Crippen LogP contribution is -2.38. The van der Waals surface area contributed by atoms with Gasteiger partial charge in [0.05, 0.1) is 16.8 Å². The highest BCUT2D eigenvalue weighted by molar-refractivity contribution is 5.95. The molecule has 7 heteroatoms. The smallest absolute Gasteiger partial charge is 0.335 e. The second kappa shape index (κ2) is 11.6. The van der Waals surface area contributed by atoms with Crippen LogP contribution in [0.1, 0.15) is 88.7 Å². The van der Waals surface area contributed by atoms with Crippen molar-refractivity contribution < 1.29 is 14.7 Å². The fourth-order valence-corrected chi connectivity index (χ4v) is 5.37. The molecule has 7 nitrogen and oxygen atoms in total. The number of carboxylic acid groups (broad SMARTS) is 1. The Kier molecular flexibility index (Phi) is 8.27. The van der Waals surface area contributed by atoms with E-state index in [1.54, 1.807) is 24.4 Å². The summed E-state index contributed by atoms with van der Waals surface area (Å²) in [4.78, 5) is 35.8. The van der Waals surface area contributed by atoms with E-state index < -0.39 is 5.97 Å². The van der Waals surface area contributed by atoms with Gasteiger partial charge in [-0.15, -0.1) is 0 Å². The van der Waals surface area contributed by atoms with Crippen LogP contribution in [0, 0.1) is 12.8 Å². The SMILES string of the molecule is Cc1ncc(C(=O)NCCc2cccc(C(=O)O)c2)c(C2CCN(CC3CCCCC3)CC2)n1. The zero-order valence-corrected chi connectivity index (χ0v) is 20.1. The number of aromatic carboxylic acids is 1. The van der Waals surface area contributed by atoms with E-state index in [0.717, 1.165) is 43.1 Å². The fourth-order valence-electron chi connectivity index (χ4n) is 5.37. The average molecular weight is 465 g/mol. The number of rotatable bonds is 8. The van der Waals surface area contributed by atoms with Crippen molar-refractivity contribution >= 4 is 11.9 Å². The van der Waals surface area contributed by atoms with Crippen LogP contribution in [0.3, 0.4) is 0 Å². The van der Waals surface area contributed by atoms with Gasteiger partial charge in [0, 0.05) is 25.2 Å². The number of hydrogen-bond donors (Lipinski definition) is 2. The molecule has 0 atom stereocenters. The third kappa shape index (κ3) is 6.41. The third-order valence-corrected chi connectivity index (χ3v) is 7.27. The summed E-state index contributed by atoms with van der Waals surface area (Å²) in [6, 6.07) is 6.82. The Hall–Kier alpha value is -2.80. The number of nitrogens with zero attached hydrogens (tertiary/aromatic N) is 3. The molecule has 2 fully saturated rings. The van der Waals surface area contributed by atoms with Crippen LogP contribution >= 0.6 is 0 Å². The zero-order valence-electron chi connectivity index (χ0n) is 20.1. The molecule has 2 aromatic rings. The second-order valence-electron chi connectivity index (χ2n) is 9.81. The van der Waals surface area contributed by atoms with E-state index >= 15 is 0 Å². The van der Waals surface area contributed by atoms with Gasteiger partial charge in [-0.1, -0.05) is 31.4 Å². The Labute approximate surface area is 202 Å². The molecule has 0 unspecified atom stereocenters. The Morgan fingerprint density at radius 2 is 1.88 bits per heavy atom. The summed E-state index contributed by atoms with van der Waals surface area (Å²) in [5.74, 6) is 0.717. The van der Waals surface area contributed by atoms with Crippen LogP contribution in [0.15, 0.2) is 30.5 Å². The Morgan fingerprint density at radius 1 is 1.12 bits per heavy atom. The number of nitrogens with one attached hydrogen (secondary N) is 1. The van der Waals surface area contributed by atoms with Gasteiger partial charge in [0.25, 0.3) is 5.91 Å². The van der Waals surface area contributed by atoms with E-state index in [0.29, 0.717) is 24.4 Å². The molecule has 1 saturated carbocycles. The summed E-state index contributed by atoms with van der Waals surface area (Å²) >= 11 is 0. The molecule has 34 heavy (non-hydrogen) atoms. The molecule has 4 rings (SSSR count). The molecule has 1 saturated heterocycles. The molecule has 1 aliphatic carbocycles. The van der Waals surface area contributed by atoms with Gasteiger partial charge < -0.3 is 15.3 Å². The maximum Gasteiger partial charge on any atom is 0.335 e. The zero-order chi connectivity index (χ0) is 23.9. The van der Waals surface area contributed by atoms with Crippen LogP contribution in [-0.4, -0.2) is 58.0 Å². The first kappa shape index (κ1) is 24.3. The number of carbonyl (C=O) groups excluding carboxylic acids is 1. The van der Waals surface area contributed by atoms with E-state index in [-0.39, 0.29) is 17.4 Å². The van der Waals surface area contributed by atoms with Gasteiger partial charge in [-0.3, -0.25) is 4.79 Å². The maximum absolute atomic E-state index is 13.0. The minimum absolute atomic E-state index is 0.158. The monoisotopic (exact) mass is 464 g/mol. The number of amides is 1. The number of hydrogen-bond acceptors (Lipinski definition) is 5. The highest BCUT2D eigenvalue weighted by Crippen LogP contribution is 2.31. The molecular formula is C27H36N4O3. The van der Waals surface area contributed by atoms with E-state index in [2.05, 4.69) is 15.2 Å². The molecule has 0 radical (unpaired) electrons. The van der Waals surface area contributed by atoms with Crippen LogP contribution in [0.25, 0.3) is 0 Å². The molecular weight excluding hydrogens is 428 g/mol. The van der Waals surface area contributed by atoms with Crippen molar-refractivity contribution in [2.45, 2.75) is 64.2 Å². The van der Waals surface area contributed by atoms with Crippen molar-refractivity contribution in [2.75, 3.05) is 26.2 Å². The van der Waals surface area contributed by atoms with Crippen LogP contribution in [0.4, 0.5) is 0 Å². The first-order valence-corrected chi connectivity index (χ1v) is 12.7. The molecule has 182 valence electrons. The lowest BCUT2D eigenvalue weighted by molar-refractivity contribution is 0.0696. The summed E-state index contributed by atoms with van der Waals surface area (Å²) in [6.07, 6.45) is 11.2. The summed E-state index contributed by atoms with van der Waals surface area (Å²) in [5.41, 5.74) is 2.57. The summed E-state index contributed by atoms with van der Waals surface area (Å²) < 4.78 is 0. The molecule has 2 heterocycles. The summed E-state index contributed by atoms with van der Waals surface area (Å²) in [7, 11) is 0. The van der Waals surface area contributed by atoms with Crippen molar-refractivity contribution in [1.82, 2.24) is 20.2 Å². The van der Waals surface area contributed by atoms with Gasteiger partial charge in [0.1, 0.15) is 5.82 Å². The second-order valence-corrected chi connectivity index (χ2v) is 9.81. The molecule has 0 bridgehead atoms. The van der Waals surface area contributed by atoms with Crippen molar-refractivity contribution in [3.63, 3.8) is 0 Å². The normalized spacial score (nSPS) is 18.0. The standard InChI is InChI=1S/C27H36N4O3/c1-19-29-17-24(26(32)28-13-10-20-8-5-9-23(16-20)27(33)34)25(30-19)22-11-14-31(15-12-22)18-21-6-3-2-4-7-21/h5,8-9,16-17,21-22H,2-4,6-7,10-15,18H2,1H3,(H,28,32)(H,33,34). The average Bonchev–Trinajstić information content (AvgIpc) is 2.85. The number of piperidine rings is 1. The number of carbonyl (C=O) groups is 2. The van der Waals surface area contributed by atoms with E-state index in [4.69, 9.17) is 10.1 Å². The molecule has 1 aliphatic heterocycles. The molecule has 0 spiro atoms. The molecule has 1 amide bonds. The number of carboxylic acids is 1. The minimum Gasteiger partial charge on any atom is -0.478 e. The van der Waals surface area contributed by atoms with E-state index in [1.807, 2.05) is 13.0 Å². The lowest BCUT2D eigenvalue weighted by Gasteiger charge is -2.35. The van der Waals surface area contributed by atoms with Gasteiger partial charge in [-0.2, -0.15) is 0 Å². The minimum atomic E-state index is -0.947. The molecule has 1 aromatic heterocycles. The molecule has 2 N–H and O–H groups in total. The number of aryl methyl sites for hydroxylation is 1. The van der Waals surface area contributed by atoms with Crippen LogP contribution < -0.4 is 5.32 Å². The highest BCUT2D eigenvalue weighted by Gasteiger charge is 2.27. The third-order valence-electron chi connectivity index (χ3n) is 7.27. The van der Waals surface area contributed by atoms with Crippen molar-refractivity contribution in [3.05, 3.63) is 58.7 Å². The first-order valence-electron chi connectivity index (χ1n) is 12.7. The Bertz CT molecular complexity index is 995. The Morgan fingerprint density at radius 3 is 2.62 bits per heavy atom. The van der Waals surface area contributed by atoms with Crippen LogP contribution in [-0.2, 0) is 6.42 Å². The van der Waals surface area contributed by atoms with Crippen molar-refractivity contribution in [2.24, 2.45) is 5.92 Å². The van der Waals surface area contributed by atoms with Gasteiger partial charge in [-0.05, 0) is 75.7 Å². The number of likely N-dealkylation sites (tertiary alicyclic amines) is 1. The number of aromatic nitrogens is 2. The van der Waals surface area contributed by atoms with Gasteiger partial charge >= 0.3 is 5.97 Å². The highest BCUT2D eigenvalue weighted by atomic mass is 16.4. The predicted octanol–water partition coefficient (Wildman–Crippen LogP) is 4.22. The van der Waals surface area contributed by atoms with Gasteiger partial charge in [0.15, 0.2) is 0 Å². The van der Waals surface area contributed by atoms with Gasteiger partial charge in [0.2, 0.25) is 0 Å². The summed E-state index contributed by atoms with van der Waals surface area (Å²) in [6.45, 7) is 5.64. The largest absolute Gasteiger partial charge is 0.478 e. The van der Waals surface area contributed by atoms with Crippen molar-refractivity contribution in [1.29, 1.82) is 0 Å². The van der Waals surface area contributed by atoms with E-state index in [1.165, 1.54) is 38.6 Å². The lowest BCUT2D eigenvalue weighted by atomic mass is 9.87. The quantitative estimate of drug-likeness (QED) is 0.607. The predicted molar refractivity (Wildman–Crippen MR) is 131 cm³/mol. The fraction of sp³-hybridized carbons (Fsp3) is 0.556. The maximum atomic E-state index is 13.0. The number of benzene rings is 1. The Balaban J connectivity index is 1.34. The topological polar surface area (TPSA) is 95.4 Å². The van der Waals surface area contributed by atoms with Gasteiger partial charge in [-0.25, -0.2) is 14.8 Å². The van der Waals surface area contributed by atoms with Crippen LogP contribution in [0.2, 0.25) is 0 Å². The molecule has 2 aliphatic rings.